The van der Waals surface area contributed by atoms with Crippen molar-refractivity contribution >= 4 is 0 Å². The number of nitrogens with zero attached hydrogens (tertiary/aromatic N) is 2. The largest absolute Gasteiger partial charge is 0.339 e. The highest BCUT2D eigenvalue weighted by Crippen LogP contribution is 2.38. The second-order valence-corrected chi connectivity index (χ2v) is 6.92. The fourth-order valence-electron chi connectivity index (χ4n) is 2.37. The van der Waals surface area contributed by atoms with Crippen LogP contribution in [0, 0.1) is 5.92 Å². The van der Waals surface area contributed by atoms with Crippen molar-refractivity contribution in [3.8, 4) is 0 Å². The van der Waals surface area contributed by atoms with Crippen molar-refractivity contribution in [2.45, 2.75) is 70.8 Å². The van der Waals surface area contributed by atoms with E-state index in [9.17, 15) is 0 Å². The molecule has 1 heterocycles. The number of rotatable bonds is 3. The molecule has 0 aliphatic heterocycles. The predicted molar refractivity (Wildman–Crippen MR) is 71.3 cm³/mol. The highest BCUT2D eigenvalue weighted by Gasteiger charge is 2.41. The molecular weight excluding hydrogens is 226 g/mol. The Balaban J connectivity index is 2.21. The molecular formula is C14H25N3O. The van der Waals surface area contributed by atoms with Gasteiger partial charge in [0.1, 0.15) is 0 Å². The second kappa shape index (κ2) is 4.34. The Morgan fingerprint density at radius 1 is 1.22 bits per heavy atom. The molecule has 1 aliphatic carbocycles. The van der Waals surface area contributed by atoms with E-state index in [1.807, 2.05) is 13.8 Å². The lowest BCUT2D eigenvalue weighted by molar-refractivity contribution is 0.222. The summed E-state index contributed by atoms with van der Waals surface area (Å²) in [7, 11) is 0. The van der Waals surface area contributed by atoms with Gasteiger partial charge in [-0.2, -0.15) is 4.98 Å². The summed E-state index contributed by atoms with van der Waals surface area (Å²) in [5.74, 6) is 2.77. The molecule has 0 radical (unpaired) electrons. The maximum Gasteiger partial charge on any atom is 0.234 e. The van der Waals surface area contributed by atoms with Crippen LogP contribution >= 0.6 is 0 Å². The minimum Gasteiger partial charge on any atom is -0.339 e. The van der Waals surface area contributed by atoms with Crippen molar-refractivity contribution in [2.75, 3.05) is 0 Å². The number of aromatic nitrogens is 2. The third-order valence-corrected chi connectivity index (χ3v) is 4.65. The molecule has 102 valence electrons. The first-order valence-corrected chi connectivity index (χ1v) is 6.85. The standard InChI is InChI=1S/C14H25N3O/c1-9-6-7-10(8-9)11-16-12(18-17-11)13(2,3)14(4,5)15/h9-10H,6-8,15H2,1-5H3. The van der Waals surface area contributed by atoms with E-state index in [-0.39, 0.29) is 11.0 Å². The monoisotopic (exact) mass is 251 g/mol. The Bertz CT molecular complexity index is 417. The molecule has 0 bridgehead atoms. The van der Waals surface area contributed by atoms with Crippen molar-refractivity contribution in [1.29, 1.82) is 0 Å². The van der Waals surface area contributed by atoms with E-state index in [0.29, 0.717) is 11.8 Å². The smallest absolute Gasteiger partial charge is 0.234 e. The molecule has 0 aromatic carbocycles. The molecule has 2 unspecified atom stereocenters. The van der Waals surface area contributed by atoms with Gasteiger partial charge in [-0.15, -0.1) is 0 Å². The minimum atomic E-state index is -0.389. The quantitative estimate of drug-likeness (QED) is 0.897. The van der Waals surface area contributed by atoms with Gasteiger partial charge in [-0.25, -0.2) is 0 Å². The average molecular weight is 251 g/mol. The lowest BCUT2D eigenvalue weighted by Crippen LogP contribution is -2.50. The Kier molecular flexibility index (Phi) is 3.26. The van der Waals surface area contributed by atoms with E-state index in [2.05, 4.69) is 30.9 Å². The van der Waals surface area contributed by atoms with Gasteiger partial charge in [-0.05, 0) is 52.9 Å². The van der Waals surface area contributed by atoms with E-state index in [1.54, 1.807) is 0 Å². The molecule has 0 amide bonds. The highest BCUT2D eigenvalue weighted by atomic mass is 16.5. The van der Waals surface area contributed by atoms with Gasteiger partial charge in [0.2, 0.25) is 5.89 Å². The summed E-state index contributed by atoms with van der Waals surface area (Å²) in [4.78, 5) is 4.61. The molecule has 2 N–H and O–H groups in total. The Hall–Kier alpha value is -0.900. The van der Waals surface area contributed by atoms with Gasteiger partial charge in [-0.1, -0.05) is 12.1 Å². The molecule has 0 saturated heterocycles. The zero-order valence-electron chi connectivity index (χ0n) is 12.2. The molecule has 1 aromatic rings. The van der Waals surface area contributed by atoms with E-state index >= 15 is 0 Å². The van der Waals surface area contributed by atoms with Gasteiger partial charge < -0.3 is 10.3 Å². The van der Waals surface area contributed by atoms with Gasteiger partial charge in [0.15, 0.2) is 5.82 Å². The summed E-state index contributed by atoms with van der Waals surface area (Å²) in [6.07, 6.45) is 3.61. The zero-order chi connectivity index (χ0) is 13.6. The molecule has 1 aromatic heterocycles. The lowest BCUT2D eigenvalue weighted by Gasteiger charge is -2.34. The minimum absolute atomic E-state index is 0.317. The van der Waals surface area contributed by atoms with Gasteiger partial charge >= 0.3 is 0 Å². The van der Waals surface area contributed by atoms with Crippen molar-refractivity contribution in [2.24, 2.45) is 11.7 Å². The molecule has 0 spiro atoms. The molecule has 4 nitrogen and oxygen atoms in total. The molecule has 1 saturated carbocycles. The third kappa shape index (κ3) is 2.30. The number of hydrogen-bond acceptors (Lipinski definition) is 4. The van der Waals surface area contributed by atoms with Crippen LogP contribution in [0.2, 0.25) is 0 Å². The number of nitrogens with two attached hydrogens (primary N) is 1. The maximum atomic E-state index is 6.20. The molecule has 4 heteroatoms. The van der Waals surface area contributed by atoms with Gasteiger partial charge in [0.25, 0.3) is 0 Å². The Morgan fingerprint density at radius 2 is 1.89 bits per heavy atom. The topological polar surface area (TPSA) is 64.9 Å². The van der Waals surface area contributed by atoms with Crippen molar-refractivity contribution in [1.82, 2.24) is 10.1 Å². The van der Waals surface area contributed by atoms with Crippen molar-refractivity contribution in [3.63, 3.8) is 0 Å². The first-order valence-electron chi connectivity index (χ1n) is 6.85. The fraction of sp³-hybridized carbons (Fsp3) is 0.857. The normalized spacial score (nSPS) is 25.7. The van der Waals surface area contributed by atoms with Crippen molar-refractivity contribution in [3.05, 3.63) is 11.7 Å². The Morgan fingerprint density at radius 3 is 2.39 bits per heavy atom. The number of hydrogen-bond donors (Lipinski definition) is 1. The van der Waals surface area contributed by atoms with Crippen LogP contribution in [0.15, 0.2) is 4.52 Å². The summed E-state index contributed by atoms with van der Waals surface area (Å²) in [6, 6.07) is 0. The molecule has 1 aliphatic rings. The molecule has 2 rings (SSSR count). The molecule has 1 fully saturated rings. The first-order chi connectivity index (χ1) is 8.22. The van der Waals surface area contributed by atoms with Gasteiger partial charge in [0, 0.05) is 11.5 Å². The summed E-state index contributed by atoms with van der Waals surface area (Å²) in [5.41, 5.74) is 5.50. The predicted octanol–water partition coefficient (Wildman–Crippen LogP) is 2.99. The molecule has 2 atom stereocenters. The summed E-state index contributed by atoms with van der Waals surface area (Å²) in [6.45, 7) is 10.4. The van der Waals surface area contributed by atoms with E-state index in [4.69, 9.17) is 10.3 Å². The van der Waals surface area contributed by atoms with Crippen LogP contribution in [-0.2, 0) is 5.41 Å². The van der Waals surface area contributed by atoms with E-state index in [0.717, 1.165) is 11.7 Å². The Labute approximate surface area is 109 Å². The van der Waals surface area contributed by atoms with Crippen LogP contribution in [0.5, 0.6) is 0 Å². The maximum absolute atomic E-state index is 6.20. The van der Waals surface area contributed by atoms with Crippen molar-refractivity contribution < 1.29 is 4.52 Å². The summed E-state index contributed by atoms with van der Waals surface area (Å²) < 4.78 is 5.46. The van der Waals surface area contributed by atoms with Crippen LogP contribution in [0.1, 0.15) is 71.5 Å². The lowest BCUT2D eigenvalue weighted by atomic mass is 9.75. The molecule has 18 heavy (non-hydrogen) atoms. The zero-order valence-corrected chi connectivity index (χ0v) is 12.2. The van der Waals surface area contributed by atoms with E-state index in [1.165, 1.54) is 19.3 Å². The third-order valence-electron chi connectivity index (χ3n) is 4.65. The van der Waals surface area contributed by atoms with Gasteiger partial charge in [0.05, 0.1) is 5.41 Å². The fourth-order valence-corrected chi connectivity index (χ4v) is 2.37. The second-order valence-electron chi connectivity index (χ2n) is 6.92. The SMILES string of the molecule is CC1CCC(c2noc(C(C)(C)C(C)(C)N)n2)C1. The van der Waals surface area contributed by atoms with Crippen LogP contribution in [0.25, 0.3) is 0 Å². The average Bonchev–Trinajstić information content (AvgIpc) is 2.83. The summed E-state index contributed by atoms with van der Waals surface area (Å²) in [5, 5.41) is 4.17. The van der Waals surface area contributed by atoms with Gasteiger partial charge in [-0.3, -0.25) is 0 Å². The van der Waals surface area contributed by atoms with Crippen LogP contribution in [0.3, 0.4) is 0 Å². The first kappa shape index (κ1) is 13.5. The van der Waals surface area contributed by atoms with Crippen LogP contribution in [-0.4, -0.2) is 15.7 Å². The van der Waals surface area contributed by atoms with Crippen LogP contribution < -0.4 is 5.73 Å². The van der Waals surface area contributed by atoms with E-state index < -0.39 is 0 Å². The summed E-state index contributed by atoms with van der Waals surface area (Å²) >= 11 is 0. The van der Waals surface area contributed by atoms with Crippen LogP contribution in [0.4, 0.5) is 0 Å². The highest BCUT2D eigenvalue weighted by molar-refractivity contribution is 5.12.